The largest absolute Gasteiger partial charge is 0.481 e. The minimum Gasteiger partial charge on any atom is -0.481 e. The van der Waals surface area contributed by atoms with Gasteiger partial charge in [0.15, 0.2) is 0 Å². The summed E-state index contributed by atoms with van der Waals surface area (Å²) in [6, 6.07) is 2.28. The van der Waals surface area contributed by atoms with Crippen LogP contribution in [0.2, 0.25) is 0 Å². The van der Waals surface area contributed by atoms with E-state index in [2.05, 4.69) is 11.0 Å². The zero-order valence-electron chi connectivity index (χ0n) is 11.1. The summed E-state index contributed by atoms with van der Waals surface area (Å²) in [4.78, 5) is 13.7. The highest BCUT2D eigenvalue weighted by molar-refractivity contribution is 5.74. The molecule has 1 N–H and O–H groups in total. The van der Waals surface area contributed by atoms with E-state index in [4.69, 9.17) is 5.26 Å². The Balaban J connectivity index is 1.87. The molecular formula is C14H22N2O2. The topological polar surface area (TPSA) is 64.3 Å². The molecule has 1 heterocycles. The van der Waals surface area contributed by atoms with E-state index in [9.17, 15) is 9.90 Å². The van der Waals surface area contributed by atoms with Crippen molar-refractivity contribution in [1.29, 1.82) is 5.26 Å². The van der Waals surface area contributed by atoms with Crippen molar-refractivity contribution < 1.29 is 9.90 Å². The van der Waals surface area contributed by atoms with Gasteiger partial charge < -0.3 is 10.0 Å². The minimum absolute atomic E-state index is 0.240. The third-order valence-electron chi connectivity index (χ3n) is 4.91. The normalized spacial score (nSPS) is 25.3. The van der Waals surface area contributed by atoms with Crippen LogP contribution in [0.5, 0.6) is 0 Å². The molecule has 2 fully saturated rings. The van der Waals surface area contributed by atoms with E-state index < -0.39 is 11.4 Å². The molecule has 0 aromatic carbocycles. The number of rotatable bonds is 5. The van der Waals surface area contributed by atoms with Crippen LogP contribution in [0, 0.1) is 22.2 Å². The highest BCUT2D eigenvalue weighted by atomic mass is 16.4. The van der Waals surface area contributed by atoms with Crippen molar-refractivity contribution in [2.75, 3.05) is 19.6 Å². The van der Waals surface area contributed by atoms with Gasteiger partial charge in [0, 0.05) is 13.0 Å². The lowest BCUT2D eigenvalue weighted by atomic mass is 9.76. The maximum absolute atomic E-state index is 11.4. The molecule has 1 saturated heterocycles. The Hall–Kier alpha value is -1.08. The number of piperidine rings is 1. The van der Waals surface area contributed by atoms with Crippen LogP contribution in [-0.4, -0.2) is 35.6 Å². The van der Waals surface area contributed by atoms with Crippen molar-refractivity contribution in [2.45, 2.75) is 45.4 Å². The molecular weight excluding hydrogens is 228 g/mol. The summed E-state index contributed by atoms with van der Waals surface area (Å²) in [5, 5.41) is 18.2. The predicted octanol–water partition coefficient (Wildman–Crippen LogP) is 2.26. The van der Waals surface area contributed by atoms with Gasteiger partial charge in [-0.1, -0.05) is 6.92 Å². The molecule has 0 aromatic rings. The van der Waals surface area contributed by atoms with Crippen LogP contribution in [0.1, 0.15) is 45.4 Å². The van der Waals surface area contributed by atoms with Gasteiger partial charge in [-0.25, -0.2) is 0 Å². The number of carboxylic acids is 1. The van der Waals surface area contributed by atoms with E-state index in [0.717, 1.165) is 51.7 Å². The molecule has 0 bridgehead atoms. The fourth-order valence-corrected chi connectivity index (χ4v) is 3.07. The Bertz CT molecular complexity index is 360. The van der Waals surface area contributed by atoms with Gasteiger partial charge in [0.1, 0.15) is 0 Å². The predicted molar refractivity (Wildman–Crippen MR) is 67.9 cm³/mol. The second-order valence-electron chi connectivity index (χ2n) is 6.05. The van der Waals surface area contributed by atoms with Crippen molar-refractivity contribution >= 4 is 5.97 Å². The summed E-state index contributed by atoms with van der Waals surface area (Å²) in [7, 11) is 0. The quantitative estimate of drug-likeness (QED) is 0.813. The zero-order chi connectivity index (χ0) is 13.2. The molecule has 2 aliphatic rings. The first-order valence-electron chi connectivity index (χ1n) is 6.89. The second-order valence-corrected chi connectivity index (χ2v) is 6.05. The highest BCUT2D eigenvalue weighted by Crippen LogP contribution is 2.49. The van der Waals surface area contributed by atoms with Crippen LogP contribution < -0.4 is 0 Å². The third-order valence-corrected chi connectivity index (χ3v) is 4.91. The Labute approximate surface area is 109 Å². The molecule has 0 spiro atoms. The van der Waals surface area contributed by atoms with E-state index >= 15 is 0 Å². The molecule has 1 aliphatic carbocycles. The van der Waals surface area contributed by atoms with Crippen LogP contribution >= 0.6 is 0 Å². The lowest BCUT2D eigenvalue weighted by molar-refractivity contribution is -0.152. The minimum atomic E-state index is -0.636. The molecule has 0 amide bonds. The Morgan fingerprint density at radius 2 is 1.94 bits per heavy atom. The third kappa shape index (κ3) is 2.51. The van der Waals surface area contributed by atoms with Crippen LogP contribution in [-0.2, 0) is 4.79 Å². The average molecular weight is 250 g/mol. The summed E-state index contributed by atoms with van der Waals surface area (Å²) >= 11 is 0. The number of carboxylic acid groups (broad SMARTS) is 1. The van der Waals surface area contributed by atoms with Crippen LogP contribution in [0.3, 0.4) is 0 Å². The maximum Gasteiger partial charge on any atom is 0.309 e. The first-order valence-corrected chi connectivity index (χ1v) is 6.89. The smallest absolute Gasteiger partial charge is 0.309 e. The van der Waals surface area contributed by atoms with Gasteiger partial charge in [0.2, 0.25) is 0 Å². The SMILES string of the molecule is CCC1(C(=O)O)CCN(CC2(CC#N)CC2)CC1. The highest BCUT2D eigenvalue weighted by Gasteiger charge is 2.46. The standard InChI is InChI=1S/C14H22N2O2/c1-2-14(12(17)18)6-9-16(10-7-14)11-13(3-4-13)5-8-15/h2-7,9-11H2,1H3,(H,17,18). The fourth-order valence-electron chi connectivity index (χ4n) is 3.07. The molecule has 18 heavy (non-hydrogen) atoms. The van der Waals surface area contributed by atoms with Crippen molar-refractivity contribution in [3.8, 4) is 6.07 Å². The van der Waals surface area contributed by atoms with E-state index in [1.54, 1.807) is 0 Å². The van der Waals surface area contributed by atoms with Gasteiger partial charge in [0.25, 0.3) is 0 Å². The summed E-state index contributed by atoms with van der Waals surface area (Å²) in [5.74, 6) is -0.636. The number of nitrogens with zero attached hydrogens (tertiary/aromatic N) is 2. The van der Waals surface area contributed by atoms with Crippen LogP contribution in [0.25, 0.3) is 0 Å². The lowest BCUT2D eigenvalue weighted by Gasteiger charge is -2.39. The second kappa shape index (κ2) is 4.89. The Morgan fingerprint density at radius 1 is 1.33 bits per heavy atom. The van der Waals surface area contributed by atoms with Crippen LogP contribution in [0.4, 0.5) is 0 Å². The molecule has 0 unspecified atom stereocenters. The van der Waals surface area contributed by atoms with E-state index in [1.807, 2.05) is 6.92 Å². The molecule has 2 rings (SSSR count). The lowest BCUT2D eigenvalue weighted by Crippen LogP contribution is -2.45. The van der Waals surface area contributed by atoms with Crippen LogP contribution in [0.15, 0.2) is 0 Å². The Kier molecular flexibility index (Phi) is 3.63. The average Bonchev–Trinajstić information content (AvgIpc) is 3.10. The van der Waals surface area contributed by atoms with E-state index in [1.165, 1.54) is 0 Å². The molecule has 4 heteroatoms. The molecule has 0 aromatic heterocycles. The van der Waals surface area contributed by atoms with Gasteiger partial charge in [0.05, 0.1) is 11.5 Å². The van der Waals surface area contributed by atoms with Gasteiger partial charge in [-0.05, 0) is 50.6 Å². The van der Waals surface area contributed by atoms with E-state index in [-0.39, 0.29) is 5.41 Å². The van der Waals surface area contributed by atoms with Crippen molar-refractivity contribution in [3.05, 3.63) is 0 Å². The first-order chi connectivity index (χ1) is 8.56. The summed E-state index contributed by atoms with van der Waals surface area (Å²) < 4.78 is 0. The van der Waals surface area contributed by atoms with Gasteiger partial charge in [-0.15, -0.1) is 0 Å². The van der Waals surface area contributed by atoms with Crippen molar-refractivity contribution in [2.24, 2.45) is 10.8 Å². The summed E-state index contributed by atoms with van der Waals surface area (Å²) in [5.41, 5.74) is -0.257. The maximum atomic E-state index is 11.4. The summed E-state index contributed by atoms with van der Waals surface area (Å²) in [6.07, 6.45) is 5.20. The van der Waals surface area contributed by atoms with Gasteiger partial charge in [-0.2, -0.15) is 5.26 Å². The molecule has 100 valence electrons. The molecule has 0 radical (unpaired) electrons. The monoisotopic (exact) mass is 250 g/mol. The van der Waals surface area contributed by atoms with Gasteiger partial charge in [-0.3, -0.25) is 4.79 Å². The fraction of sp³-hybridized carbons (Fsp3) is 0.857. The molecule has 0 atom stereocenters. The molecule has 1 aliphatic heterocycles. The van der Waals surface area contributed by atoms with Gasteiger partial charge >= 0.3 is 5.97 Å². The number of hydrogen-bond donors (Lipinski definition) is 1. The Morgan fingerprint density at radius 3 is 2.33 bits per heavy atom. The number of likely N-dealkylation sites (tertiary alicyclic amines) is 1. The van der Waals surface area contributed by atoms with E-state index in [0.29, 0.717) is 6.42 Å². The van der Waals surface area contributed by atoms with Crippen molar-refractivity contribution in [1.82, 2.24) is 4.90 Å². The van der Waals surface area contributed by atoms with Crippen molar-refractivity contribution in [3.63, 3.8) is 0 Å². The number of carbonyl (C=O) groups is 1. The number of hydrogen-bond acceptors (Lipinski definition) is 3. The molecule has 4 nitrogen and oxygen atoms in total. The number of aliphatic carboxylic acids is 1. The zero-order valence-corrected chi connectivity index (χ0v) is 11.1. The molecule has 1 saturated carbocycles. The summed E-state index contributed by atoms with van der Waals surface area (Å²) in [6.45, 7) is 4.70. The first kappa shape index (κ1) is 13.4. The number of nitriles is 1.